The number of anilines is 1. The molecule has 0 spiro atoms. The van der Waals surface area contributed by atoms with Crippen LogP contribution >= 0.6 is 0 Å². The van der Waals surface area contributed by atoms with Gasteiger partial charge in [-0.25, -0.2) is 0 Å². The Bertz CT molecular complexity index is 366. The van der Waals surface area contributed by atoms with E-state index in [9.17, 15) is 9.90 Å². The van der Waals surface area contributed by atoms with Crippen LogP contribution in [-0.2, 0) is 9.53 Å². The van der Waals surface area contributed by atoms with Gasteiger partial charge in [0.05, 0.1) is 6.61 Å². The maximum absolute atomic E-state index is 11.3. The number of carbonyl (C=O) groups excluding carboxylic acids is 1. The second kappa shape index (κ2) is 6.09. The van der Waals surface area contributed by atoms with E-state index in [4.69, 9.17) is 10.5 Å². The first-order valence-corrected chi connectivity index (χ1v) is 5.00. The molecule has 0 radical (unpaired) electrons. The fraction of sp³-hybridized carbons (Fsp3) is 0.364. The second-order valence-corrected chi connectivity index (χ2v) is 3.39. The Balaban J connectivity index is 2.46. The average molecular weight is 224 g/mol. The Labute approximate surface area is 94.2 Å². The van der Waals surface area contributed by atoms with Gasteiger partial charge in [-0.15, -0.1) is 0 Å². The number of nitrogens with one attached hydrogen (secondary N) is 1. The minimum atomic E-state index is -0.237. The molecule has 0 aromatic heterocycles. The lowest BCUT2D eigenvalue weighted by Crippen LogP contribution is -2.20. The molecule has 88 valence electrons. The van der Waals surface area contributed by atoms with Crippen molar-refractivity contribution in [3.8, 4) is 5.75 Å². The number of rotatable bonds is 5. The van der Waals surface area contributed by atoms with Crippen molar-refractivity contribution in [3.63, 3.8) is 0 Å². The quantitative estimate of drug-likeness (QED) is 0.505. The number of hydrogen-bond donors (Lipinski definition) is 3. The Morgan fingerprint density at radius 2 is 2.31 bits per heavy atom. The average Bonchev–Trinajstić information content (AvgIpc) is 2.24. The van der Waals surface area contributed by atoms with Gasteiger partial charge in [0.1, 0.15) is 12.4 Å². The lowest BCUT2D eigenvalue weighted by atomic mass is 10.2. The molecular weight excluding hydrogens is 208 g/mol. The van der Waals surface area contributed by atoms with Crippen molar-refractivity contribution in [2.75, 3.05) is 25.1 Å². The molecule has 4 N–H and O–H groups in total. The Morgan fingerprint density at radius 3 is 2.94 bits per heavy atom. The molecule has 16 heavy (non-hydrogen) atoms. The Kier molecular flexibility index (Phi) is 4.75. The summed E-state index contributed by atoms with van der Waals surface area (Å²) >= 11 is 0. The zero-order chi connectivity index (χ0) is 12.0. The van der Waals surface area contributed by atoms with Crippen LogP contribution in [-0.4, -0.2) is 30.8 Å². The summed E-state index contributed by atoms with van der Waals surface area (Å²) in [6.45, 7) is 2.50. The lowest BCUT2D eigenvalue weighted by molar-refractivity contribution is -0.120. The van der Waals surface area contributed by atoms with Crippen molar-refractivity contribution in [1.29, 1.82) is 0 Å². The third kappa shape index (κ3) is 3.88. The van der Waals surface area contributed by atoms with Gasteiger partial charge in [0.25, 0.3) is 0 Å². The van der Waals surface area contributed by atoms with Crippen LogP contribution < -0.4 is 11.1 Å². The van der Waals surface area contributed by atoms with Gasteiger partial charge >= 0.3 is 0 Å². The maximum atomic E-state index is 11.3. The number of phenolic OH excluding ortho intramolecular Hbond substituents is 1. The van der Waals surface area contributed by atoms with E-state index in [1.165, 1.54) is 6.07 Å². The zero-order valence-electron chi connectivity index (χ0n) is 9.19. The van der Waals surface area contributed by atoms with Crippen molar-refractivity contribution >= 4 is 11.6 Å². The first-order chi connectivity index (χ1) is 7.63. The molecular formula is C11H16N2O3. The fourth-order valence-electron chi connectivity index (χ4n) is 1.18. The van der Waals surface area contributed by atoms with E-state index in [-0.39, 0.29) is 18.3 Å². The lowest BCUT2D eigenvalue weighted by Gasteiger charge is -2.07. The number of benzene rings is 1. The smallest absolute Gasteiger partial charge is 0.250 e. The molecule has 0 bridgehead atoms. The molecule has 1 rings (SSSR count). The number of phenols is 1. The first-order valence-electron chi connectivity index (χ1n) is 5.00. The molecule has 0 aliphatic heterocycles. The van der Waals surface area contributed by atoms with Crippen molar-refractivity contribution < 1.29 is 14.6 Å². The molecule has 1 amide bonds. The number of nitrogens with two attached hydrogens (primary N) is 1. The van der Waals surface area contributed by atoms with Gasteiger partial charge in [0.15, 0.2) is 0 Å². The van der Waals surface area contributed by atoms with Crippen LogP contribution in [0.5, 0.6) is 5.75 Å². The van der Waals surface area contributed by atoms with Crippen LogP contribution in [0.2, 0.25) is 0 Å². The molecule has 1 aromatic carbocycles. The molecule has 5 nitrogen and oxygen atoms in total. The van der Waals surface area contributed by atoms with Crippen molar-refractivity contribution in [3.05, 3.63) is 23.8 Å². The minimum absolute atomic E-state index is 0.0167. The predicted octanol–water partition coefficient (Wildman–Crippen LogP) is 0.614. The van der Waals surface area contributed by atoms with E-state index < -0.39 is 0 Å². The summed E-state index contributed by atoms with van der Waals surface area (Å²) in [4.78, 5) is 11.3. The zero-order valence-corrected chi connectivity index (χ0v) is 9.19. The van der Waals surface area contributed by atoms with Crippen LogP contribution in [0.15, 0.2) is 18.2 Å². The molecule has 0 aliphatic carbocycles. The summed E-state index contributed by atoms with van der Waals surface area (Å²) in [6, 6.07) is 4.85. The molecule has 0 saturated carbocycles. The topological polar surface area (TPSA) is 84.6 Å². The van der Waals surface area contributed by atoms with E-state index in [0.29, 0.717) is 24.4 Å². The summed E-state index contributed by atoms with van der Waals surface area (Å²) < 4.78 is 4.98. The van der Waals surface area contributed by atoms with Crippen molar-refractivity contribution in [2.24, 2.45) is 5.73 Å². The Hall–Kier alpha value is -1.59. The van der Waals surface area contributed by atoms with Gasteiger partial charge in [-0.2, -0.15) is 0 Å². The number of carbonyl (C=O) groups is 1. The highest BCUT2D eigenvalue weighted by atomic mass is 16.5. The van der Waals surface area contributed by atoms with Crippen molar-refractivity contribution in [1.82, 2.24) is 0 Å². The van der Waals surface area contributed by atoms with Crippen LogP contribution in [0.25, 0.3) is 0 Å². The third-order valence-corrected chi connectivity index (χ3v) is 1.98. The normalized spacial score (nSPS) is 10.1. The van der Waals surface area contributed by atoms with Gasteiger partial charge in [-0.1, -0.05) is 0 Å². The van der Waals surface area contributed by atoms with Gasteiger partial charge in [0.2, 0.25) is 5.91 Å². The summed E-state index contributed by atoms with van der Waals surface area (Å²) in [7, 11) is 0. The fourth-order valence-corrected chi connectivity index (χ4v) is 1.18. The van der Waals surface area contributed by atoms with Gasteiger partial charge in [0, 0.05) is 12.2 Å². The number of hydrogen-bond acceptors (Lipinski definition) is 4. The van der Waals surface area contributed by atoms with Gasteiger partial charge < -0.3 is 20.9 Å². The largest absolute Gasteiger partial charge is 0.508 e. The SMILES string of the molecule is Cc1cc(NC(=O)COCCN)ccc1O. The molecule has 0 saturated heterocycles. The molecule has 0 atom stereocenters. The summed E-state index contributed by atoms with van der Waals surface area (Å²) in [5.74, 6) is -0.0316. The van der Waals surface area contributed by atoms with E-state index in [1.807, 2.05) is 0 Å². The molecule has 0 heterocycles. The van der Waals surface area contributed by atoms with Gasteiger partial charge in [-0.3, -0.25) is 4.79 Å². The van der Waals surface area contributed by atoms with Crippen LogP contribution in [0.1, 0.15) is 5.56 Å². The van der Waals surface area contributed by atoms with Crippen molar-refractivity contribution in [2.45, 2.75) is 6.92 Å². The van der Waals surface area contributed by atoms with E-state index in [1.54, 1.807) is 19.1 Å². The molecule has 0 aliphatic rings. The first kappa shape index (κ1) is 12.5. The third-order valence-electron chi connectivity index (χ3n) is 1.98. The number of amides is 1. The van der Waals surface area contributed by atoms with E-state index >= 15 is 0 Å². The van der Waals surface area contributed by atoms with Crippen LogP contribution in [0.3, 0.4) is 0 Å². The maximum Gasteiger partial charge on any atom is 0.250 e. The summed E-state index contributed by atoms with van der Waals surface area (Å²) in [6.07, 6.45) is 0. The van der Waals surface area contributed by atoms with Crippen LogP contribution in [0, 0.1) is 6.92 Å². The van der Waals surface area contributed by atoms with Gasteiger partial charge in [-0.05, 0) is 30.7 Å². The molecule has 1 aromatic rings. The minimum Gasteiger partial charge on any atom is -0.508 e. The highest BCUT2D eigenvalue weighted by Crippen LogP contribution is 2.19. The van der Waals surface area contributed by atoms with Crippen LogP contribution in [0.4, 0.5) is 5.69 Å². The number of aromatic hydroxyl groups is 1. The Morgan fingerprint density at radius 1 is 1.56 bits per heavy atom. The standard InChI is InChI=1S/C11H16N2O3/c1-8-6-9(2-3-10(8)14)13-11(15)7-16-5-4-12/h2-3,6,14H,4-5,7,12H2,1H3,(H,13,15). The predicted molar refractivity (Wildman–Crippen MR) is 61.3 cm³/mol. The molecule has 0 unspecified atom stereocenters. The molecule has 0 fully saturated rings. The van der Waals surface area contributed by atoms with E-state index in [2.05, 4.69) is 5.32 Å². The second-order valence-electron chi connectivity index (χ2n) is 3.39. The van der Waals surface area contributed by atoms with E-state index in [0.717, 1.165) is 0 Å². The number of ether oxygens (including phenoxy) is 1. The summed E-state index contributed by atoms with van der Waals surface area (Å²) in [5.41, 5.74) is 6.56. The highest BCUT2D eigenvalue weighted by molar-refractivity contribution is 5.91. The highest BCUT2D eigenvalue weighted by Gasteiger charge is 2.03. The summed E-state index contributed by atoms with van der Waals surface area (Å²) in [5, 5.41) is 12.0. The molecule has 5 heteroatoms. The number of aryl methyl sites for hydroxylation is 1. The monoisotopic (exact) mass is 224 g/mol.